The van der Waals surface area contributed by atoms with Gasteiger partial charge in [-0.15, -0.1) is 0 Å². The Hall–Kier alpha value is -1.33. The van der Waals surface area contributed by atoms with Gasteiger partial charge in [-0.25, -0.2) is 6.08 Å². The highest BCUT2D eigenvalue weighted by atomic mass is 16.5. The maximum atomic E-state index is 5.70. The van der Waals surface area contributed by atoms with E-state index < -0.39 is 0 Å². The minimum absolute atomic E-state index is 0.746. The number of hydrogen-bond donors (Lipinski definition) is 0. The predicted molar refractivity (Wildman–Crippen MR) is 85.9 cm³/mol. The summed E-state index contributed by atoms with van der Waals surface area (Å²) in [5.74, 6) is 2.33. The van der Waals surface area contributed by atoms with Crippen LogP contribution < -0.4 is 0 Å². The summed E-state index contributed by atoms with van der Waals surface area (Å²) in [4.78, 5) is 0. The van der Waals surface area contributed by atoms with Crippen molar-refractivity contribution in [1.29, 1.82) is 0 Å². The SMILES string of the molecule is [CH-]=CC1=C(CCC(C)CCCC(C)C)C=[C+]C(OC)=C1. The van der Waals surface area contributed by atoms with Crippen molar-refractivity contribution < 1.29 is 4.74 Å². The number of allylic oxidation sites excluding steroid dienone is 6. The molecule has 0 spiro atoms. The van der Waals surface area contributed by atoms with Crippen LogP contribution in [0.4, 0.5) is 0 Å². The van der Waals surface area contributed by atoms with Gasteiger partial charge >= 0.3 is 0 Å². The minimum Gasteiger partial charge on any atom is -0.470 e. The van der Waals surface area contributed by atoms with Gasteiger partial charge in [-0.05, 0) is 23.8 Å². The molecule has 1 heteroatoms. The van der Waals surface area contributed by atoms with E-state index in [1.807, 2.05) is 12.2 Å². The summed E-state index contributed by atoms with van der Waals surface area (Å²) in [5.41, 5.74) is 2.33. The molecule has 0 saturated carbocycles. The molecule has 1 unspecified atom stereocenters. The van der Waals surface area contributed by atoms with Crippen LogP contribution in [-0.4, -0.2) is 7.11 Å². The third-order valence-electron chi connectivity index (χ3n) is 3.83. The van der Waals surface area contributed by atoms with E-state index in [1.165, 1.54) is 31.3 Å². The van der Waals surface area contributed by atoms with Crippen molar-refractivity contribution in [2.24, 2.45) is 11.8 Å². The Morgan fingerprint density at radius 3 is 2.60 bits per heavy atom. The van der Waals surface area contributed by atoms with Gasteiger partial charge in [0.25, 0.3) is 5.76 Å². The normalized spacial score (nSPS) is 15.9. The van der Waals surface area contributed by atoms with E-state index in [0.717, 1.165) is 29.6 Å². The van der Waals surface area contributed by atoms with Gasteiger partial charge in [0, 0.05) is 12.5 Å². The number of rotatable bonds is 9. The van der Waals surface area contributed by atoms with Crippen LogP contribution in [0.25, 0.3) is 0 Å². The Kier molecular flexibility index (Phi) is 7.33. The first-order chi connectivity index (χ1) is 9.56. The van der Waals surface area contributed by atoms with Crippen molar-refractivity contribution in [3.05, 3.63) is 47.8 Å². The first kappa shape index (κ1) is 16.7. The molecule has 1 nitrogen and oxygen atoms in total. The molecule has 0 amide bonds. The van der Waals surface area contributed by atoms with Crippen molar-refractivity contribution in [1.82, 2.24) is 0 Å². The van der Waals surface area contributed by atoms with Crippen LogP contribution in [0.3, 0.4) is 0 Å². The van der Waals surface area contributed by atoms with E-state index in [4.69, 9.17) is 11.3 Å². The van der Waals surface area contributed by atoms with E-state index in [2.05, 4.69) is 26.8 Å². The van der Waals surface area contributed by atoms with Gasteiger partial charge in [0.05, 0.1) is 19.3 Å². The average Bonchev–Trinajstić information content (AvgIpc) is 2.44. The third kappa shape index (κ3) is 5.75. The Bertz CT molecular complexity index is 396. The monoisotopic (exact) mass is 272 g/mol. The molecule has 110 valence electrons. The number of methoxy groups -OCH3 is 1. The fourth-order valence-corrected chi connectivity index (χ4v) is 2.43. The lowest BCUT2D eigenvalue weighted by atomic mass is 9.91. The van der Waals surface area contributed by atoms with Crippen LogP contribution >= 0.6 is 0 Å². The molecule has 1 atom stereocenters. The van der Waals surface area contributed by atoms with Crippen LogP contribution in [0.5, 0.6) is 0 Å². The third-order valence-corrected chi connectivity index (χ3v) is 3.83. The van der Waals surface area contributed by atoms with E-state index in [-0.39, 0.29) is 0 Å². The van der Waals surface area contributed by atoms with E-state index in [1.54, 1.807) is 13.2 Å². The van der Waals surface area contributed by atoms with Crippen LogP contribution in [0.1, 0.15) is 52.9 Å². The van der Waals surface area contributed by atoms with E-state index in [9.17, 15) is 0 Å². The molecule has 0 aromatic rings. The molecule has 1 rings (SSSR count). The van der Waals surface area contributed by atoms with Gasteiger partial charge in [-0.1, -0.05) is 45.6 Å². The Balaban J connectivity index is 2.44. The van der Waals surface area contributed by atoms with Gasteiger partial charge in [0.1, 0.15) is 0 Å². The van der Waals surface area contributed by atoms with Crippen molar-refractivity contribution in [3.63, 3.8) is 0 Å². The van der Waals surface area contributed by atoms with Crippen LogP contribution in [0, 0.1) is 24.5 Å². The quantitative estimate of drug-likeness (QED) is 0.509. The van der Waals surface area contributed by atoms with Crippen molar-refractivity contribution in [3.8, 4) is 0 Å². The zero-order valence-electron chi connectivity index (χ0n) is 13.4. The molecule has 0 aromatic carbocycles. The molecule has 1 aliphatic rings. The molecular weight excluding hydrogens is 244 g/mol. The standard InChI is InChI=1S/C19H28O/c1-6-17-14-19(20-5)13-12-18(17)11-10-16(4)9-7-8-15(2)3/h1,6,12,14-16H,7-11H2,2-5H3. The molecule has 20 heavy (non-hydrogen) atoms. The lowest BCUT2D eigenvalue weighted by Crippen LogP contribution is -2.00. The summed E-state index contributed by atoms with van der Waals surface area (Å²) < 4.78 is 5.18. The molecule has 0 bridgehead atoms. The highest BCUT2D eigenvalue weighted by Gasteiger charge is 2.12. The highest BCUT2D eigenvalue weighted by Crippen LogP contribution is 2.25. The zero-order valence-corrected chi connectivity index (χ0v) is 13.4. The van der Waals surface area contributed by atoms with E-state index >= 15 is 0 Å². The van der Waals surface area contributed by atoms with Crippen molar-refractivity contribution in [2.45, 2.75) is 52.9 Å². The predicted octanol–water partition coefficient (Wildman–Crippen LogP) is 5.42. The summed E-state index contributed by atoms with van der Waals surface area (Å²) in [6.07, 6.45) is 15.0. The first-order valence-electron chi connectivity index (χ1n) is 7.70. The summed E-state index contributed by atoms with van der Waals surface area (Å²) in [6.45, 7) is 12.6. The van der Waals surface area contributed by atoms with Crippen LogP contribution in [0.2, 0.25) is 0 Å². The van der Waals surface area contributed by atoms with Gasteiger partial charge in [-0.3, -0.25) is 6.58 Å². The lowest BCUT2D eigenvalue weighted by molar-refractivity contribution is 0.303. The second kappa shape index (κ2) is 8.76. The van der Waals surface area contributed by atoms with Gasteiger partial charge < -0.3 is 4.74 Å². The summed E-state index contributed by atoms with van der Waals surface area (Å²) >= 11 is 0. The summed E-state index contributed by atoms with van der Waals surface area (Å²) in [5, 5.41) is 0. The van der Waals surface area contributed by atoms with Crippen molar-refractivity contribution >= 4 is 0 Å². The summed E-state index contributed by atoms with van der Waals surface area (Å²) in [7, 11) is 1.66. The van der Waals surface area contributed by atoms with Crippen molar-refractivity contribution in [2.75, 3.05) is 7.11 Å². The molecule has 0 saturated heterocycles. The van der Waals surface area contributed by atoms with Gasteiger partial charge in [0.15, 0.2) is 0 Å². The van der Waals surface area contributed by atoms with Crippen LogP contribution in [-0.2, 0) is 4.74 Å². The second-order valence-corrected chi connectivity index (χ2v) is 6.12. The van der Waals surface area contributed by atoms with Crippen LogP contribution in [0.15, 0.2) is 35.1 Å². The molecule has 0 N–H and O–H groups in total. The fourth-order valence-electron chi connectivity index (χ4n) is 2.43. The van der Waals surface area contributed by atoms with Gasteiger partial charge in [-0.2, -0.15) is 0 Å². The second-order valence-electron chi connectivity index (χ2n) is 6.12. The average molecular weight is 272 g/mol. The Morgan fingerprint density at radius 1 is 1.25 bits per heavy atom. The Labute approximate surface area is 125 Å². The largest absolute Gasteiger partial charge is 0.470 e. The van der Waals surface area contributed by atoms with Gasteiger partial charge in [0.2, 0.25) is 0 Å². The molecule has 0 heterocycles. The molecule has 0 radical (unpaired) electrons. The number of hydrogen-bond acceptors (Lipinski definition) is 1. The maximum Gasteiger partial charge on any atom is 0.271 e. The molecule has 0 aromatic heterocycles. The number of ether oxygens (including phenoxy) is 1. The zero-order chi connectivity index (χ0) is 15.0. The van der Waals surface area contributed by atoms with E-state index in [0.29, 0.717) is 0 Å². The molecular formula is C19H28O. The minimum atomic E-state index is 0.746. The lowest BCUT2D eigenvalue weighted by Gasteiger charge is -2.14. The molecule has 1 aliphatic carbocycles. The fraction of sp³-hybridized carbons (Fsp3) is 0.579. The molecule has 0 fully saturated rings. The summed E-state index contributed by atoms with van der Waals surface area (Å²) in [6, 6.07) is 0. The topological polar surface area (TPSA) is 9.23 Å². The molecule has 0 aliphatic heterocycles. The Morgan fingerprint density at radius 2 is 2.00 bits per heavy atom. The first-order valence-corrected chi connectivity index (χ1v) is 7.70. The maximum absolute atomic E-state index is 5.70. The highest BCUT2D eigenvalue weighted by molar-refractivity contribution is 5.45. The smallest absolute Gasteiger partial charge is 0.271 e.